The molecular weight excluding hydrogens is 372 g/mol. The summed E-state index contributed by atoms with van der Waals surface area (Å²) < 4.78 is 0. The molecule has 0 aromatic heterocycles. The van der Waals surface area contributed by atoms with Crippen LogP contribution in [0.15, 0.2) is 48.5 Å². The van der Waals surface area contributed by atoms with Gasteiger partial charge in [0, 0.05) is 24.7 Å². The normalized spacial score (nSPS) is 15.4. The minimum absolute atomic E-state index is 0.0292. The highest BCUT2D eigenvalue weighted by Crippen LogP contribution is 2.30. The number of nitrogens with zero attached hydrogens (tertiary/aromatic N) is 1. The van der Waals surface area contributed by atoms with Gasteiger partial charge in [0.1, 0.15) is 0 Å². The Morgan fingerprint density at radius 1 is 1.00 bits per heavy atom. The number of hydrogen-bond acceptors (Lipinski definition) is 2. The van der Waals surface area contributed by atoms with Crippen LogP contribution in [0.4, 0.5) is 5.69 Å². The van der Waals surface area contributed by atoms with Gasteiger partial charge in [-0.2, -0.15) is 0 Å². The van der Waals surface area contributed by atoms with Gasteiger partial charge in [0.25, 0.3) is 5.91 Å². The molecule has 1 fully saturated rings. The summed E-state index contributed by atoms with van der Waals surface area (Å²) in [6, 6.07) is 15.0. The lowest BCUT2D eigenvalue weighted by Gasteiger charge is -2.32. The highest BCUT2D eigenvalue weighted by molar-refractivity contribution is 6.33. The van der Waals surface area contributed by atoms with Crippen LogP contribution in [0.1, 0.15) is 49.5 Å². The molecule has 0 spiro atoms. The third-order valence-electron chi connectivity index (χ3n) is 5.25. The molecule has 5 heteroatoms. The van der Waals surface area contributed by atoms with E-state index in [1.165, 1.54) is 0 Å². The second kappa shape index (κ2) is 8.36. The number of piperidine rings is 1. The number of rotatable bonds is 3. The first kappa shape index (κ1) is 20.4. The number of benzene rings is 2. The van der Waals surface area contributed by atoms with Crippen molar-refractivity contribution >= 4 is 29.1 Å². The van der Waals surface area contributed by atoms with Crippen LogP contribution in [-0.4, -0.2) is 29.8 Å². The summed E-state index contributed by atoms with van der Waals surface area (Å²) in [5.41, 5.74) is 2.46. The number of carbonyl (C=O) groups is 2. The molecule has 0 unspecified atom stereocenters. The van der Waals surface area contributed by atoms with Gasteiger partial charge in [-0.3, -0.25) is 9.59 Å². The first-order chi connectivity index (χ1) is 13.3. The van der Waals surface area contributed by atoms with E-state index in [4.69, 9.17) is 11.6 Å². The minimum Gasteiger partial charge on any atom is -0.339 e. The molecule has 2 aromatic carbocycles. The van der Waals surface area contributed by atoms with Crippen LogP contribution in [-0.2, 0) is 10.2 Å². The number of hydrogen-bond donors (Lipinski definition) is 1. The van der Waals surface area contributed by atoms with Gasteiger partial charge in [0.15, 0.2) is 0 Å². The summed E-state index contributed by atoms with van der Waals surface area (Å²) in [5, 5.41) is 3.57. The largest absolute Gasteiger partial charge is 0.339 e. The first-order valence-electron chi connectivity index (χ1n) is 9.71. The Balaban J connectivity index is 1.62. The van der Waals surface area contributed by atoms with E-state index in [1.807, 2.05) is 30.3 Å². The fourth-order valence-corrected chi connectivity index (χ4v) is 3.85. The summed E-state index contributed by atoms with van der Waals surface area (Å²) in [6.45, 7) is 7.52. The number of halogens is 1. The molecule has 3 rings (SSSR count). The van der Waals surface area contributed by atoms with Crippen molar-refractivity contribution in [3.05, 3.63) is 64.7 Å². The van der Waals surface area contributed by atoms with Gasteiger partial charge in [-0.15, -0.1) is 0 Å². The van der Waals surface area contributed by atoms with Crippen molar-refractivity contribution in [1.82, 2.24) is 4.90 Å². The van der Waals surface area contributed by atoms with Gasteiger partial charge in [0.05, 0.1) is 10.6 Å². The predicted molar refractivity (Wildman–Crippen MR) is 114 cm³/mol. The molecular formula is C23H27ClN2O2. The maximum absolute atomic E-state index is 12.8. The Morgan fingerprint density at radius 2 is 1.61 bits per heavy atom. The van der Waals surface area contributed by atoms with Gasteiger partial charge in [-0.05, 0) is 42.0 Å². The Morgan fingerprint density at radius 3 is 2.25 bits per heavy atom. The van der Waals surface area contributed by atoms with Crippen LogP contribution < -0.4 is 5.32 Å². The van der Waals surface area contributed by atoms with Crippen LogP contribution >= 0.6 is 11.6 Å². The predicted octanol–water partition coefficient (Wildman–Crippen LogP) is 5.13. The molecule has 0 radical (unpaired) electrons. The Labute approximate surface area is 171 Å². The molecule has 148 valence electrons. The van der Waals surface area contributed by atoms with Crippen molar-refractivity contribution in [3.63, 3.8) is 0 Å². The minimum atomic E-state index is -0.0941. The summed E-state index contributed by atoms with van der Waals surface area (Å²) in [7, 11) is 0. The maximum atomic E-state index is 12.8. The molecule has 1 aliphatic heterocycles. The van der Waals surface area contributed by atoms with E-state index >= 15 is 0 Å². The highest BCUT2D eigenvalue weighted by atomic mass is 35.5. The summed E-state index contributed by atoms with van der Waals surface area (Å²) >= 11 is 6.15. The Hall–Kier alpha value is -2.33. The molecule has 0 saturated carbocycles. The van der Waals surface area contributed by atoms with E-state index in [-0.39, 0.29) is 23.1 Å². The Kier molecular flexibility index (Phi) is 6.09. The molecule has 0 atom stereocenters. The molecule has 4 nitrogen and oxygen atoms in total. The highest BCUT2D eigenvalue weighted by Gasteiger charge is 2.29. The zero-order valence-corrected chi connectivity index (χ0v) is 17.4. The second-order valence-electron chi connectivity index (χ2n) is 8.33. The smallest absolute Gasteiger partial charge is 0.255 e. The van der Waals surface area contributed by atoms with Crippen molar-refractivity contribution in [2.75, 3.05) is 18.4 Å². The van der Waals surface area contributed by atoms with E-state index in [9.17, 15) is 9.59 Å². The van der Waals surface area contributed by atoms with Gasteiger partial charge in [-0.1, -0.05) is 62.7 Å². The van der Waals surface area contributed by atoms with Gasteiger partial charge in [-0.25, -0.2) is 0 Å². The van der Waals surface area contributed by atoms with Crippen molar-refractivity contribution in [2.24, 2.45) is 5.92 Å². The van der Waals surface area contributed by atoms with Crippen molar-refractivity contribution < 1.29 is 9.59 Å². The third kappa shape index (κ3) is 4.56. The SMILES string of the molecule is CC(C)(C)c1ccccc1NC(=O)C1CCN(C(=O)c2ccccc2Cl)CC1. The van der Waals surface area contributed by atoms with E-state index in [0.29, 0.717) is 36.5 Å². The molecule has 1 heterocycles. The summed E-state index contributed by atoms with van der Waals surface area (Å²) in [4.78, 5) is 27.3. The van der Waals surface area contributed by atoms with Gasteiger partial charge < -0.3 is 10.2 Å². The molecule has 1 N–H and O–H groups in total. The van der Waals surface area contributed by atoms with Gasteiger partial charge in [0.2, 0.25) is 5.91 Å². The fourth-order valence-electron chi connectivity index (χ4n) is 3.63. The number of likely N-dealkylation sites (tertiary alicyclic amines) is 1. The summed E-state index contributed by atoms with van der Waals surface area (Å²) in [6.07, 6.45) is 1.30. The molecule has 28 heavy (non-hydrogen) atoms. The van der Waals surface area contributed by atoms with Crippen molar-refractivity contribution in [3.8, 4) is 0 Å². The average Bonchev–Trinajstić information content (AvgIpc) is 2.67. The quantitative estimate of drug-likeness (QED) is 0.779. The van der Waals surface area contributed by atoms with Crippen LogP contribution in [0.2, 0.25) is 5.02 Å². The zero-order valence-electron chi connectivity index (χ0n) is 16.7. The third-order valence-corrected chi connectivity index (χ3v) is 5.58. The zero-order chi connectivity index (χ0) is 20.3. The number of carbonyl (C=O) groups excluding carboxylic acids is 2. The maximum Gasteiger partial charge on any atom is 0.255 e. The van der Waals surface area contributed by atoms with E-state index in [1.54, 1.807) is 17.0 Å². The monoisotopic (exact) mass is 398 g/mol. The van der Waals surface area contributed by atoms with Crippen LogP contribution in [0.5, 0.6) is 0 Å². The van der Waals surface area contributed by atoms with Crippen molar-refractivity contribution in [2.45, 2.75) is 39.0 Å². The van der Waals surface area contributed by atoms with E-state index in [0.717, 1.165) is 11.3 Å². The lowest BCUT2D eigenvalue weighted by Crippen LogP contribution is -2.41. The lowest BCUT2D eigenvalue weighted by atomic mass is 9.85. The lowest BCUT2D eigenvalue weighted by molar-refractivity contribution is -0.121. The molecule has 2 amide bonds. The van der Waals surface area contributed by atoms with Crippen LogP contribution in [0, 0.1) is 5.92 Å². The Bertz CT molecular complexity index is 865. The molecule has 2 aromatic rings. The van der Waals surface area contributed by atoms with Crippen molar-refractivity contribution in [1.29, 1.82) is 0 Å². The van der Waals surface area contributed by atoms with E-state index in [2.05, 4.69) is 32.2 Å². The summed E-state index contributed by atoms with van der Waals surface area (Å²) in [5.74, 6) is -0.132. The molecule has 1 aliphatic rings. The molecule has 0 bridgehead atoms. The molecule has 0 aliphatic carbocycles. The number of nitrogens with one attached hydrogen (secondary N) is 1. The first-order valence-corrected chi connectivity index (χ1v) is 10.1. The van der Waals surface area contributed by atoms with Crippen LogP contribution in [0.3, 0.4) is 0 Å². The number of anilines is 1. The topological polar surface area (TPSA) is 49.4 Å². The fraction of sp³-hybridized carbons (Fsp3) is 0.391. The number of para-hydroxylation sites is 1. The van der Waals surface area contributed by atoms with Crippen LogP contribution in [0.25, 0.3) is 0 Å². The average molecular weight is 399 g/mol. The number of amides is 2. The molecule has 1 saturated heterocycles. The second-order valence-corrected chi connectivity index (χ2v) is 8.74. The van der Waals surface area contributed by atoms with Gasteiger partial charge >= 0.3 is 0 Å². The standard InChI is InChI=1S/C23H27ClN2O2/c1-23(2,3)18-9-5-7-11-20(18)25-21(27)16-12-14-26(15-13-16)22(28)17-8-4-6-10-19(17)24/h4-11,16H,12-15H2,1-3H3,(H,25,27). The van der Waals surface area contributed by atoms with E-state index < -0.39 is 0 Å².